The van der Waals surface area contributed by atoms with Crippen LogP contribution in [0.4, 0.5) is 0 Å². The molecule has 0 spiro atoms. The summed E-state index contributed by atoms with van der Waals surface area (Å²) in [6.45, 7) is 2.37. The minimum Gasteiger partial charge on any atom is -0.295 e. The summed E-state index contributed by atoms with van der Waals surface area (Å²) in [5.74, 6) is 0.318. The molecule has 4 aromatic heterocycles. The van der Waals surface area contributed by atoms with Crippen LogP contribution in [0.3, 0.4) is 0 Å². The Hall–Kier alpha value is -7.92. The van der Waals surface area contributed by atoms with Gasteiger partial charge in [0, 0.05) is 43.9 Å². The van der Waals surface area contributed by atoms with E-state index in [4.69, 9.17) is 9.97 Å². The molecule has 0 amide bonds. The summed E-state index contributed by atoms with van der Waals surface area (Å²) in [7, 11) is 0. The lowest BCUT2D eigenvalue weighted by molar-refractivity contribution is 0.715. The normalized spacial score (nSPS) is 13.7. The number of nitrogens with zero attached hydrogens (tertiary/aromatic N) is 3. The molecule has 1 unspecified atom stereocenters. The number of hydrogen-bond donors (Lipinski definition) is 0. The van der Waals surface area contributed by atoms with Gasteiger partial charge in [-0.3, -0.25) is 9.38 Å². The Kier molecular flexibility index (Phi) is 7.90. The van der Waals surface area contributed by atoms with E-state index < -0.39 is 0 Å². The Morgan fingerprint density at radius 2 is 1.05 bits per heavy atom. The summed E-state index contributed by atoms with van der Waals surface area (Å²) in [5, 5.41) is 11.2. The second-order valence-corrected chi connectivity index (χ2v) is 18.7. The van der Waals surface area contributed by atoms with Crippen LogP contribution in [-0.4, -0.2) is 14.4 Å². The van der Waals surface area contributed by atoms with Crippen LogP contribution in [0.5, 0.6) is 0 Å². The molecule has 0 aliphatic heterocycles. The lowest BCUT2D eigenvalue weighted by Gasteiger charge is -2.23. The smallest absolute Gasteiger partial charge is 0.156 e. The molecule has 304 valence electrons. The van der Waals surface area contributed by atoms with Gasteiger partial charge in [-0.15, -0.1) is 11.3 Å². The van der Waals surface area contributed by atoms with E-state index in [2.05, 4.69) is 199 Å². The van der Waals surface area contributed by atoms with Gasteiger partial charge in [0.2, 0.25) is 0 Å². The second-order valence-electron chi connectivity index (χ2n) is 17.7. The summed E-state index contributed by atoms with van der Waals surface area (Å²) < 4.78 is 5.07. The number of benzene rings is 9. The number of fused-ring (bicyclic) bond motifs is 15. The van der Waals surface area contributed by atoms with E-state index >= 15 is 0 Å². The number of aromatic nitrogens is 3. The van der Waals surface area contributed by atoms with E-state index in [1.165, 1.54) is 114 Å². The maximum absolute atomic E-state index is 5.58. The number of imidazole rings is 1. The molecule has 0 N–H and O–H groups in total. The minimum atomic E-state index is 0.318. The molecule has 0 saturated heterocycles. The molecule has 0 bridgehead atoms. The summed E-state index contributed by atoms with van der Waals surface area (Å²) >= 11 is 1.89. The van der Waals surface area contributed by atoms with E-state index in [1.807, 2.05) is 23.6 Å². The van der Waals surface area contributed by atoms with E-state index in [1.54, 1.807) is 0 Å². The molecule has 4 heteroatoms. The van der Waals surface area contributed by atoms with Gasteiger partial charge in [-0.1, -0.05) is 189 Å². The van der Waals surface area contributed by atoms with Gasteiger partial charge < -0.3 is 0 Å². The van der Waals surface area contributed by atoms with Gasteiger partial charge in [0.25, 0.3) is 0 Å². The summed E-state index contributed by atoms with van der Waals surface area (Å²) in [6, 6.07) is 71.5. The molecular weight excluding hydrogens is 807 g/mol. The first-order chi connectivity index (χ1) is 32.1. The number of thiophene rings is 1. The number of pyridine rings is 2. The molecule has 1 aliphatic carbocycles. The van der Waals surface area contributed by atoms with Gasteiger partial charge in [-0.05, 0) is 90.0 Å². The minimum absolute atomic E-state index is 0.318. The van der Waals surface area contributed by atoms with Crippen molar-refractivity contribution in [3.05, 3.63) is 212 Å². The predicted molar refractivity (Wildman–Crippen MR) is 275 cm³/mol. The van der Waals surface area contributed by atoms with Gasteiger partial charge in [0.05, 0.1) is 27.3 Å². The van der Waals surface area contributed by atoms with Crippen LogP contribution in [0.2, 0.25) is 0 Å². The van der Waals surface area contributed by atoms with Crippen molar-refractivity contribution in [2.45, 2.75) is 19.3 Å². The second kappa shape index (κ2) is 14.0. The van der Waals surface area contributed by atoms with Crippen molar-refractivity contribution in [1.82, 2.24) is 14.4 Å². The Labute approximate surface area is 379 Å². The van der Waals surface area contributed by atoms with Crippen LogP contribution < -0.4 is 0 Å². The van der Waals surface area contributed by atoms with Crippen LogP contribution in [0, 0.1) is 0 Å². The summed E-state index contributed by atoms with van der Waals surface area (Å²) in [4.78, 5) is 10.3. The summed E-state index contributed by atoms with van der Waals surface area (Å²) in [5.41, 5.74) is 16.8. The lowest BCUT2D eigenvalue weighted by atomic mass is 9.85. The molecule has 0 fully saturated rings. The van der Waals surface area contributed by atoms with Crippen LogP contribution in [-0.2, 0) is 6.42 Å². The van der Waals surface area contributed by atoms with Crippen molar-refractivity contribution in [2.24, 2.45) is 0 Å². The number of hydrogen-bond acceptors (Lipinski definition) is 3. The molecular formula is C61H39N3S. The zero-order chi connectivity index (χ0) is 42.8. The van der Waals surface area contributed by atoms with Crippen molar-refractivity contribution >= 4 is 80.4 Å². The molecule has 65 heavy (non-hydrogen) atoms. The highest BCUT2D eigenvalue weighted by atomic mass is 32.1. The largest absolute Gasteiger partial charge is 0.295 e. The highest BCUT2D eigenvalue weighted by Crippen LogP contribution is 2.47. The van der Waals surface area contributed by atoms with E-state index in [9.17, 15) is 0 Å². The first-order valence-electron chi connectivity index (χ1n) is 22.5. The Bertz CT molecular complexity index is 4100. The highest BCUT2D eigenvalue weighted by molar-refractivity contribution is 7.27. The van der Waals surface area contributed by atoms with Crippen LogP contribution in [0.1, 0.15) is 24.1 Å². The molecule has 1 aliphatic rings. The fourth-order valence-electron chi connectivity index (χ4n) is 11.0. The predicted octanol–water partition coefficient (Wildman–Crippen LogP) is 16.7. The van der Waals surface area contributed by atoms with Gasteiger partial charge in [-0.25, -0.2) is 4.98 Å². The first-order valence-corrected chi connectivity index (χ1v) is 23.3. The third-order valence-electron chi connectivity index (χ3n) is 14.1. The van der Waals surface area contributed by atoms with Crippen LogP contribution in [0.25, 0.3) is 125 Å². The number of rotatable bonds is 4. The van der Waals surface area contributed by atoms with E-state index in [0.717, 1.165) is 28.7 Å². The van der Waals surface area contributed by atoms with Crippen molar-refractivity contribution in [2.75, 3.05) is 0 Å². The Morgan fingerprint density at radius 1 is 0.462 bits per heavy atom. The Morgan fingerprint density at radius 3 is 1.82 bits per heavy atom. The molecule has 14 rings (SSSR count). The van der Waals surface area contributed by atoms with E-state index in [-0.39, 0.29) is 0 Å². The highest BCUT2D eigenvalue weighted by Gasteiger charge is 2.30. The molecule has 3 nitrogen and oxygen atoms in total. The van der Waals surface area contributed by atoms with Crippen LogP contribution >= 0.6 is 11.3 Å². The van der Waals surface area contributed by atoms with Gasteiger partial charge in [0.15, 0.2) is 5.65 Å². The van der Waals surface area contributed by atoms with Crippen molar-refractivity contribution in [1.29, 1.82) is 0 Å². The third-order valence-corrected chi connectivity index (χ3v) is 15.3. The maximum Gasteiger partial charge on any atom is 0.156 e. The zero-order valence-corrected chi connectivity index (χ0v) is 36.4. The molecule has 0 radical (unpaired) electrons. The molecule has 0 saturated carbocycles. The fourth-order valence-corrected chi connectivity index (χ4v) is 12.3. The topological polar surface area (TPSA) is 30.2 Å². The molecule has 1 atom stereocenters. The third kappa shape index (κ3) is 5.48. The quantitative estimate of drug-likeness (QED) is 0.165. The van der Waals surface area contributed by atoms with E-state index in [0.29, 0.717) is 5.92 Å². The van der Waals surface area contributed by atoms with Gasteiger partial charge in [0.1, 0.15) is 0 Å². The van der Waals surface area contributed by atoms with Gasteiger partial charge >= 0.3 is 0 Å². The monoisotopic (exact) mass is 845 g/mol. The Balaban J connectivity index is 0.880. The first kappa shape index (κ1) is 36.6. The van der Waals surface area contributed by atoms with Crippen molar-refractivity contribution in [3.8, 4) is 55.9 Å². The SMILES string of the molecule is CC1Cc2ccccc2-c2nc3c4sc5c6ccccc6ccc5c4cc(-c4ccc(-c5ccc(-c6ccc(-c7cccc8c7ccc7cccnc78)cc6)c6ccccc56)cc4)n3c21. The average Bonchev–Trinajstić information content (AvgIpc) is 3.96. The summed E-state index contributed by atoms with van der Waals surface area (Å²) in [6.07, 6.45) is 2.88. The molecule has 13 aromatic rings. The van der Waals surface area contributed by atoms with Crippen molar-refractivity contribution < 1.29 is 0 Å². The zero-order valence-electron chi connectivity index (χ0n) is 35.6. The maximum atomic E-state index is 5.58. The van der Waals surface area contributed by atoms with Gasteiger partial charge in [-0.2, -0.15) is 0 Å². The van der Waals surface area contributed by atoms with Crippen molar-refractivity contribution in [3.63, 3.8) is 0 Å². The fraction of sp³-hybridized carbons (Fsp3) is 0.0492. The average molecular weight is 846 g/mol. The molecule has 9 aromatic carbocycles. The van der Waals surface area contributed by atoms with Crippen LogP contribution in [0.15, 0.2) is 200 Å². The standard InChI is InChI=1S/C61H39N3S/c1-36-34-43-11-3-4-13-47(43)57-58(36)64-55(35-54-53-30-27-37-10-2-5-14-48(37)59(53)65-60(54)61(64)63-57)41-25-23-40(24-26-41)46-32-31-45(49-15-6-7-16-50(46)49)39-21-19-38(20-22-39)44-17-8-18-52-51(44)29-28-42-12-9-33-62-56(42)52/h2-33,35-36H,34H2,1H3. The lowest BCUT2D eigenvalue weighted by Crippen LogP contribution is -2.11. The molecule has 4 heterocycles.